The SMILES string of the molecule is Cn1c(C=NC/C=C/c2ccc(Cl)cc2Cl)cc2ccccc21. The van der Waals surface area contributed by atoms with Crippen LogP contribution >= 0.6 is 23.2 Å². The lowest BCUT2D eigenvalue weighted by molar-refractivity contribution is 0.957. The van der Waals surface area contributed by atoms with Gasteiger partial charge in [0.2, 0.25) is 0 Å². The molecular weight excluding hydrogens is 327 g/mol. The van der Waals surface area contributed by atoms with Crippen LogP contribution in [0.3, 0.4) is 0 Å². The molecule has 0 bridgehead atoms. The van der Waals surface area contributed by atoms with Crippen molar-refractivity contribution in [3.05, 3.63) is 75.9 Å². The zero-order valence-electron chi connectivity index (χ0n) is 12.7. The zero-order chi connectivity index (χ0) is 16.2. The van der Waals surface area contributed by atoms with Gasteiger partial charge in [-0.15, -0.1) is 0 Å². The smallest absolute Gasteiger partial charge is 0.0596 e. The molecule has 0 aliphatic heterocycles. The van der Waals surface area contributed by atoms with Crippen LogP contribution in [0.15, 0.2) is 59.6 Å². The van der Waals surface area contributed by atoms with Crippen molar-refractivity contribution in [1.29, 1.82) is 0 Å². The van der Waals surface area contributed by atoms with Crippen molar-refractivity contribution in [3.8, 4) is 0 Å². The first-order chi connectivity index (χ1) is 11.1. The maximum atomic E-state index is 6.13. The Kier molecular flexibility index (Phi) is 4.85. The molecular formula is C19H16Cl2N2. The first-order valence-electron chi connectivity index (χ1n) is 7.31. The molecule has 3 aromatic rings. The molecule has 2 nitrogen and oxygen atoms in total. The molecule has 0 aliphatic rings. The summed E-state index contributed by atoms with van der Waals surface area (Å²) in [6.07, 6.45) is 5.83. The average molecular weight is 343 g/mol. The minimum atomic E-state index is 0.598. The van der Waals surface area contributed by atoms with Crippen molar-refractivity contribution in [2.24, 2.45) is 12.0 Å². The predicted octanol–water partition coefficient (Wildman–Crippen LogP) is 5.62. The van der Waals surface area contributed by atoms with E-state index < -0.39 is 0 Å². The number of aliphatic imine (C=N–C) groups is 1. The summed E-state index contributed by atoms with van der Waals surface area (Å²) in [6, 6.07) is 15.9. The largest absolute Gasteiger partial charge is 0.343 e. The molecule has 23 heavy (non-hydrogen) atoms. The van der Waals surface area contributed by atoms with E-state index in [1.165, 1.54) is 10.9 Å². The number of para-hydroxylation sites is 1. The van der Waals surface area contributed by atoms with Crippen LogP contribution in [-0.2, 0) is 7.05 Å². The molecule has 0 saturated carbocycles. The maximum absolute atomic E-state index is 6.13. The molecule has 2 aromatic carbocycles. The van der Waals surface area contributed by atoms with Gasteiger partial charge in [-0.2, -0.15) is 0 Å². The second kappa shape index (κ2) is 7.03. The molecule has 116 valence electrons. The van der Waals surface area contributed by atoms with Gasteiger partial charge in [-0.05, 0) is 29.8 Å². The minimum Gasteiger partial charge on any atom is -0.343 e. The Morgan fingerprint density at radius 3 is 2.70 bits per heavy atom. The number of hydrogen-bond donors (Lipinski definition) is 0. The van der Waals surface area contributed by atoms with E-state index in [1.54, 1.807) is 6.07 Å². The molecule has 0 N–H and O–H groups in total. The summed E-state index contributed by atoms with van der Waals surface area (Å²) >= 11 is 12.0. The number of aromatic nitrogens is 1. The van der Waals surface area contributed by atoms with Gasteiger partial charge in [0.1, 0.15) is 0 Å². The number of aryl methyl sites for hydroxylation is 1. The summed E-state index contributed by atoms with van der Waals surface area (Å²) in [5.74, 6) is 0. The van der Waals surface area contributed by atoms with Crippen LogP contribution in [0, 0.1) is 0 Å². The second-order valence-corrected chi connectivity index (χ2v) is 6.09. The summed E-state index contributed by atoms with van der Waals surface area (Å²) in [6.45, 7) is 0.598. The highest BCUT2D eigenvalue weighted by molar-refractivity contribution is 6.35. The third-order valence-electron chi connectivity index (χ3n) is 3.68. The van der Waals surface area contributed by atoms with Crippen molar-refractivity contribution in [3.63, 3.8) is 0 Å². The molecule has 1 heterocycles. The highest BCUT2D eigenvalue weighted by atomic mass is 35.5. The van der Waals surface area contributed by atoms with E-state index in [0.717, 1.165) is 11.3 Å². The Hall–Kier alpha value is -2.03. The van der Waals surface area contributed by atoms with Gasteiger partial charge in [0.15, 0.2) is 0 Å². The molecule has 0 unspecified atom stereocenters. The first kappa shape index (κ1) is 15.9. The molecule has 0 fully saturated rings. The summed E-state index contributed by atoms with van der Waals surface area (Å²) < 4.78 is 2.14. The maximum Gasteiger partial charge on any atom is 0.0596 e. The Morgan fingerprint density at radius 2 is 1.91 bits per heavy atom. The van der Waals surface area contributed by atoms with Crippen LogP contribution in [0.4, 0.5) is 0 Å². The van der Waals surface area contributed by atoms with Crippen LogP contribution < -0.4 is 0 Å². The van der Waals surface area contributed by atoms with Gasteiger partial charge in [-0.3, -0.25) is 4.99 Å². The predicted molar refractivity (Wildman–Crippen MR) is 101 cm³/mol. The molecule has 0 spiro atoms. The van der Waals surface area contributed by atoms with Crippen molar-refractivity contribution in [2.45, 2.75) is 0 Å². The van der Waals surface area contributed by atoms with E-state index in [2.05, 4.69) is 27.8 Å². The lowest BCUT2D eigenvalue weighted by atomic mass is 10.2. The summed E-state index contributed by atoms with van der Waals surface area (Å²) in [5.41, 5.74) is 3.23. The molecule has 4 heteroatoms. The third-order valence-corrected chi connectivity index (χ3v) is 4.25. The number of hydrogen-bond acceptors (Lipinski definition) is 1. The van der Waals surface area contributed by atoms with Gasteiger partial charge in [0, 0.05) is 34.2 Å². The summed E-state index contributed by atoms with van der Waals surface area (Å²) in [7, 11) is 2.05. The molecule has 0 aliphatic carbocycles. The van der Waals surface area contributed by atoms with E-state index in [9.17, 15) is 0 Å². The van der Waals surface area contributed by atoms with Crippen LogP contribution in [-0.4, -0.2) is 17.3 Å². The fourth-order valence-corrected chi connectivity index (χ4v) is 2.93. The topological polar surface area (TPSA) is 17.3 Å². The van der Waals surface area contributed by atoms with E-state index in [-0.39, 0.29) is 0 Å². The van der Waals surface area contributed by atoms with Gasteiger partial charge in [0.05, 0.1) is 12.2 Å². The van der Waals surface area contributed by atoms with E-state index in [0.29, 0.717) is 16.6 Å². The normalized spacial score (nSPS) is 12.0. The first-order valence-corrected chi connectivity index (χ1v) is 8.06. The molecule has 0 amide bonds. The van der Waals surface area contributed by atoms with Gasteiger partial charge in [-0.1, -0.05) is 59.6 Å². The Morgan fingerprint density at radius 1 is 1.09 bits per heavy atom. The number of rotatable bonds is 4. The van der Waals surface area contributed by atoms with Crippen molar-refractivity contribution in [2.75, 3.05) is 6.54 Å². The highest BCUT2D eigenvalue weighted by Gasteiger charge is 2.01. The van der Waals surface area contributed by atoms with Gasteiger partial charge in [-0.25, -0.2) is 0 Å². The standard InChI is InChI=1S/C19H16Cl2N2/c1-23-17(11-15-5-2-3-7-19(15)23)13-22-10-4-6-14-8-9-16(20)12-18(14)21/h2-9,11-13H,10H2,1H3/b6-4+,22-13?. The fourth-order valence-electron chi connectivity index (χ4n) is 2.46. The van der Waals surface area contributed by atoms with Crippen LogP contribution in [0.1, 0.15) is 11.3 Å². The molecule has 0 saturated heterocycles. The Balaban J connectivity index is 1.68. The summed E-state index contributed by atoms with van der Waals surface area (Å²) in [5, 5.41) is 2.51. The minimum absolute atomic E-state index is 0.598. The lowest BCUT2D eigenvalue weighted by Gasteiger charge is -1.99. The molecule has 0 radical (unpaired) electrons. The molecule has 1 aromatic heterocycles. The fraction of sp³-hybridized carbons (Fsp3) is 0.105. The second-order valence-electron chi connectivity index (χ2n) is 5.25. The number of halogens is 2. The van der Waals surface area contributed by atoms with Crippen LogP contribution in [0.25, 0.3) is 17.0 Å². The van der Waals surface area contributed by atoms with Crippen LogP contribution in [0.5, 0.6) is 0 Å². The lowest BCUT2D eigenvalue weighted by Crippen LogP contribution is -1.94. The van der Waals surface area contributed by atoms with Crippen LogP contribution in [0.2, 0.25) is 10.0 Å². The van der Waals surface area contributed by atoms with Crippen molar-refractivity contribution in [1.82, 2.24) is 4.57 Å². The van der Waals surface area contributed by atoms with Gasteiger partial charge in [0.25, 0.3) is 0 Å². The average Bonchev–Trinajstić information content (AvgIpc) is 2.86. The number of fused-ring (bicyclic) bond motifs is 1. The van der Waals surface area contributed by atoms with Gasteiger partial charge < -0.3 is 4.57 Å². The van der Waals surface area contributed by atoms with E-state index in [1.807, 2.05) is 49.7 Å². The van der Waals surface area contributed by atoms with Crippen molar-refractivity contribution < 1.29 is 0 Å². The summed E-state index contributed by atoms with van der Waals surface area (Å²) in [4.78, 5) is 4.46. The van der Waals surface area contributed by atoms with E-state index in [4.69, 9.17) is 23.2 Å². The number of benzene rings is 2. The Labute approximate surface area is 145 Å². The monoisotopic (exact) mass is 342 g/mol. The molecule has 3 rings (SSSR count). The Bertz CT molecular complexity index is 892. The quantitative estimate of drug-likeness (QED) is 0.547. The molecule has 0 atom stereocenters. The zero-order valence-corrected chi connectivity index (χ0v) is 14.2. The third kappa shape index (κ3) is 3.66. The van der Waals surface area contributed by atoms with E-state index >= 15 is 0 Å². The van der Waals surface area contributed by atoms with Crippen molar-refractivity contribution >= 4 is 46.4 Å². The van der Waals surface area contributed by atoms with Gasteiger partial charge >= 0.3 is 0 Å². The number of nitrogens with zero attached hydrogens (tertiary/aromatic N) is 2. The highest BCUT2D eigenvalue weighted by Crippen LogP contribution is 2.22.